The Morgan fingerprint density at radius 3 is 2.46 bits per heavy atom. The first-order chi connectivity index (χ1) is 35.6. The average Bonchev–Trinajstić information content (AvgIpc) is 3.99. The van der Waals surface area contributed by atoms with Gasteiger partial charge in [-0.3, -0.25) is 14.2 Å². The molecule has 2 aromatic carbocycles. The predicted octanol–water partition coefficient (Wildman–Crippen LogP) is 9.29. The van der Waals surface area contributed by atoms with Crippen molar-refractivity contribution in [1.29, 1.82) is 0 Å². The monoisotopic (exact) mass is 1030 g/mol. The van der Waals surface area contributed by atoms with Gasteiger partial charge in [-0.25, -0.2) is 28.9 Å². The maximum atomic E-state index is 17.0. The lowest BCUT2D eigenvalue weighted by molar-refractivity contribution is -0.139. The van der Waals surface area contributed by atoms with E-state index in [0.29, 0.717) is 91.2 Å². The van der Waals surface area contributed by atoms with Crippen LogP contribution in [-0.4, -0.2) is 115 Å². The van der Waals surface area contributed by atoms with Gasteiger partial charge < -0.3 is 49.3 Å². The molecule has 4 aromatic heterocycles. The van der Waals surface area contributed by atoms with Gasteiger partial charge in [-0.05, 0) is 107 Å². The molecule has 18 nitrogen and oxygen atoms in total. The van der Waals surface area contributed by atoms with E-state index in [1.54, 1.807) is 33.5 Å². The smallest absolute Gasteiger partial charge is 0.407 e. The number of alkyl carbamates (subject to hydrolysis) is 2. The van der Waals surface area contributed by atoms with Crippen LogP contribution in [0.5, 0.6) is 5.75 Å². The second kappa shape index (κ2) is 20.8. The van der Waals surface area contributed by atoms with Crippen LogP contribution in [0, 0.1) is 23.6 Å². The first-order valence-electron chi connectivity index (χ1n) is 25.7. The summed E-state index contributed by atoms with van der Waals surface area (Å²) in [5.74, 6) is 0.936. The van der Waals surface area contributed by atoms with Gasteiger partial charge in [0.05, 0.1) is 82.8 Å². The minimum atomic E-state index is -0.799. The van der Waals surface area contributed by atoms with Gasteiger partial charge >= 0.3 is 12.2 Å². The fraction of sp³-hybridized carbons (Fsp3) is 0.500. The molecule has 10 rings (SSSR count). The van der Waals surface area contributed by atoms with E-state index >= 15 is 4.39 Å². The zero-order valence-electron chi connectivity index (χ0n) is 43.0. The Morgan fingerprint density at radius 2 is 1.72 bits per heavy atom. The third kappa shape index (κ3) is 10.3. The van der Waals surface area contributed by atoms with Gasteiger partial charge in [-0.15, -0.1) is 11.3 Å². The van der Waals surface area contributed by atoms with Crippen molar-refractivity contribution in [3.63, 3.8) is 0 Å². The zero-order valence-corrected chi connectivity index (χ0v) is 43.8. The maximum absolute atomic E-state index is 17.0. The summed E-state index contributed by atoms with van der Waals surface area (Å²) < 4.78 is 41.6. The number of nitrogens with zero attached hydrogens (tertiary/aromatic N) is 6. The summed E-state index contributed by atoms with van der Waals surface area (Å²) in [6.45, 7) is 11.4. The van der Waals surface area contributed by atoms with Crippen LogP contribution >= 0.6 is 11.3 Å². The number of likely N-dealkylation sites (tertiary alicyclic amines) is 1. The number of hydrogen-bond acceptors (Lipinski definition) is 12. The molecule has 20 heteroatoms. The molecule has 7 heterocycles. The highest BCUT2D eigenvalue weighted by atomic mass is 32.1. The zero-order chi connectivity index (χ0) is 52.0. The number of carbonyl (C=O) groups excluding carboxylic acids is 4. The maximum Gasteiger partial charge on any atom is 0.407 e. The minimum absolute atomic E-state index is 0.147. The Bertz CT molecular complexity index is 3070. The van der Waals surface area contributed by atoms with Crippen LogP contribution in [0.4, 0.5) is 14.0 Å². The Labute approximate surface area is 433 Å². The van der Waals surface area contributed by atoms with Crippen molar-refractivity contribution < 1.29 is 42.5 Å². The van der Waals surface area contributed by atoms with Gasteiger partial charge in [0, 0.05) is 48.8 Å². The normalized spacial score (nSPS) is 19.9. The van der Waals surface area contributed by atoms with Gasteiger partial charge in [0.1, 0.15) is 35.3 Å². The summed E-state index contributed by atoms with van der Waals surface area (Å²) in [5.41, 5.74) is 4.06. The predicted molar refractivity (Wildman–Crippen MR) is 275 cm³/mol. The Morgan fingerprint density at radius 1 is 0.946 bits per heavy atom. The van der Waals surface area contributed by atoms with Crippen LogP contribution in [0.2, 0.25) is 0 Å². The lowest BCUT2D eigenvalue weighted by atomic mass is 9.82. The molecule has 3 fully saturated rings. The summed E-state index contributed by atoms with van der Waals surface area (Å²) >= 11 is 1.61. The van der Waals surface area contributed by atoms with E-state index in [-0.39, 0.29) is 36.2 Å². The summed E-state index contributed by atoms with van der Waals surface area (Å²) in [5, 5.41) is 7.42. The van der Waals surface area contributed by atoms with Crippen molar-refractivity contribution in [2.75, 3.05) is 33.9 Å². The van der Waals surface area contributed by atoms with E-state index in [1.807, 2.05) is 75.7 Å². The quantitative estimate of drug-likeness (QED) is 0.0718. The van der Waals surface area contributed by atoms with Gasteiger partial charge in [0.25, 0.3) is 0 Å². The highest BCUT2D eigenvalue weighted by Gasteiger charge is 2.41. The fourth-order valence-corrected chi connectivity index (χ4v) is 11.9. The van der Waals surface area contributed by atoms with E-state index in [2.05, 4.69) is 20.6 Å². The molecular weight excluding hydrogens is 968 g/mol. The largest absolute Gasteiger partial charge is 0.464 e. The van der Waals surface area contributed by atoms with Crippen molar-refractivity contribution in [2.45, 2.75) is 122 Å². The van der Waals surface area contributed by atoms with Gasteiger partial charge in [0.15, 0.2) is 0 Å². The van der Waals surface area contributed by atoms with E-state index in [1.165, 1.54) is 33.1 Å². The molecule has 4 unspecified atom stereocenters. The van der Waals surface area contributed by atoms with Crippen LogP contribution in [0.3, 0.4) is 0 Å². The molecule has 0 bridgehead atoms. The standard InChI is InChI=1S/C54H65FN10O8S/c1-8-16-63(49(66)47(62-53(69)71-7)32-15-18-72-54(4,5)24-32)28-43-56-25-36(59-43)31-13-14-38-34(20-31)22-40-45-35(55)21-33(23-41(45)73-51(65(38)40)42-27-57-44(74-42)19-30-11-12-30)37-26-58-48(60-37)39-10-9-17-64(39)50(67)46(29(2)3)61-52(68)70-6/h13-14,20-23,25-27,29-30,32,39,46-47,51H,8-12,15-19,24,28H2,1-7H3,(H,56,59)(H,58,60)(H,61,68)(H,62,69)/t32?,39-,46?,47?,51?/m0/s1. The second-order valence-electron chi connectivity index (χ2n) is 21.0. The van der Waals surface area contributed by atoms with Crippen molar-refractivity contribution in [3.8, 4) is 39.5 Å². The Balaban J connectivity index is 0.945. The minimum Gasteiger partial charge on any atom is -0.464 e. The average molecular weight is 1030 g/mol. The van der Waals surface area contributed by atoms with Crippen LogP contribution in [0.15, 0.2) is 55.0 Å². The number of thiazole rings is 1. The number of amides is 4. The number of hydrogen-bond donors (Lipinski definition) is 4. The first kappa shape index (κ1) is 50.7. The summed E-state index contributed by atoms with van der Waals surface area (Å²) in [4.78, 5) is 78.4. The van der Waals surface area contributed by atoms with Crippen LogP contribution in [0.1, 0.15) is 113 Å². The number of aromatic nitrogens is 6. The SMILES string of the molecule is CCCN(Cc1ncc(-c2ccc3c(c2)cc2n3C(c3cnc(CC4CC4)s3)Oc3cc(-c4cnc([C@@H]5CCCN5C(=O)C(NC(=O)OC)C(C)C)[nH]4)cc(F)c3-2)[nH]1)C(=O)C(NC(=O)OC)C1CCOC(C)(C)C1. The van der Waals surface area contributed by atoms with E-state index in [0.717, 1.165) is 44.9 Å². The molecule has 392 valence electrons. The lowest BCUT2D eigenvalue weighted by Crippen LogP contribution is -2.55. The molecule has 4 N–H and O–H groups in total. The molecule has 0 spiro atoms. The van der Waals surface area contributed by atoms with Crippen molar-refractivity contribution in [2.24, 2.45) is 17.8 Å². The molecule has 1 aliphatic carbocycles. The fourth-order valence-electron chi connectivity index (χ4n) is 10.9. The molecule has 0 radical (unpaired) electrons. The molecule has 74 heavy (non-hydrogen) atoms. The lowest BCUT2D eigenvalue weighted by Gasteiger charge is -2.40. The molecular formula is C54H65FN10O8S. The number of benzene rings is 2. The third-order valence-corrected chi connectivity index (χ3v) is 15.8. The van der Waals surface area contributed by atoms with Gasteiger partial charge in [0.2, 0.25) is 18.0 Å². The Hall–Kier alpha value is -6.80. The van der Waals surface area contributed by atoms with Gasteiger partial charge in [-0.1, -0.05) is 26.8 Å². The number of carbonyl (C=O) groups is 4. The number of aromatic amines is 2. The molecule has 4 amide bonds. The van der Waals surface area contributed by atoms with Crippen LogP contribution < -0.4 is 15.4 Å². The van der Waals surface area contributed by atoms with Crippen LogP contribution in [0.25, 0.3) is 44.7 Å². The van der Waals surface area contributed by atoms with E-state index < -0.39 is 41.9 Å². The molecule has 5 atom stereocenters. The summed E-state index contributed by atoms with van der Waals surface area (Å²) in [7, 11) is 2.56. The highest BCUT2D eigenvalue weighted by molar-refractivity contribution is 7.11. The number of ether oxygens (including phenoxy) is 4. The molecule has 2 saturated heterocycles. The van der Waals surface area contributed by atoms with Gasteiger partial charge in [-0.2, -0.15) is 0 Å². The molecule has 1 saturated carbocycles. The number of halogens is 1. The number of imidazole rings is 2. The van der Waals surface area contributed by atoms with Crippen molar-refractivity contribution in [1.82, 2.24) is 49.9 Å². The van der Waals surface area contributed by atoms with Crippen molar-refractivity contribution >= 4 is 46.2 Å². The number of methoxy groups -OCH3 is 2. The number of fused-ring (bicyclic) bond motifs is 5. The molecule has 3 aliphatic heterocycles. The highest BCUT2D eigenvalue weighted by Crippen LogP contribution is 2.48. The number of rotatable bonds is 16. The van der Waals surface area contributed by atoms with E-state index in [9.17, 15) is 19.2 Å². The molecule has 4 aliphatic rings. The topological polar surface area (TPSA) is 211 Å². The van der Waals surface area contributed by atoms with E-state index in [4.69, 9.17) is 33.9 Å². The van der Waals surface area contributed by atoms with Crippen LogP contribution in [-0.2, 0) is 36.8 Å². The first-order valence-corrected chi connectivity index (χ1v) is 26.5. The summed E-state index contributed by atoms with van der Waals surface area (Å²) in [6, 6.07) is 9.42. The van der Waals surface area contributed by atoms with Crippen molar-refractivity contribution in [3.05, 3.63) is 82.3 Å². The number of nitrogens with one attached hydrogen (secondary N) is 4. The summed E-state index contributed by atoms with van der Waals surface area (Å²) in [6.07, 6.45) is 9.96. The third-order valence-electron chi connectivity index (χ3n) is 14.8. The Kier molecular flexibility index (Phi) is 14.3. The number of H-pyrrole nitrogens is 2. The second-order valence-corrected chi connectivity index (χ2v) is 22.1. The molecule has 6 aromatic rings.